The number of pyridine rings is 1. The van der Waals surface area contributed by atoms with E-state index in [1.807, 2.05) is 0 Å². The maximum Gasteiger partial charge on any atom is 0.431 e. The highest BCUT2D eigenvalue weighted by molar-refractivity contribution is 6.12. The number of allylic oxidation sites excluding steroid dienone is 2. The fourth-order valence-corrected chi connectivity index (χ4v) is 3.33. The maximum absolute atomic E-state index is 13.1. The van der Waals surface area contributed by atoms with Gasteiger partial charge in [0.05, 0.1) is 36.1 Å². The molecule has 4 rings (SSSR count). The van der Waals surface area contributed by atoms with Gasteiger partial charge in [0.15, 0.2) is 0 Å². The molecule has 2 aromatic heterocycles. The summed E-state index contributed by atoms with van der Waals surface area (Å²) in [7, 11) is 0. The Labute approximate surface area is 145 Å². The van der Waals surface area contributed by atoms with Gasteiger partial charge in [0.1, 0.15) is 5.70 Å². The Hall–Kier alpha value is -2.94. The molecule has 0 fully saturated rings. The summed E-state index contributed by atoms with van der Waals surface area (Å²) >= 11 is 0. The number of alkyl halides is 3. The molecule has 0 aliphatic carbocycles. The molecule has 0 saturated carbocycles. The summed E-state index contributed by atoms with van der Waals surface area (Å²) in [5.74, 6) is 0. The lowest BCUT2D eigenvalue weighted by molar-refractivity contribution is -0.0919. The molecule has 0 atom stereocenters. The molecule has 0 unspecified atom stereocenters. The Morgan fingerprint density at radius 3 is 2.85 bits per heavy atom. The van der Waals surface area contributed by atoms with Crippen LogP contribution in [0.25, 0.3) is 27.4 Å². The molecule has 134 valence electrons. The van der Waals surface area contributed by atoms with Gasteiger partial charge in [-0.05, 0) is 24.1 Å². The van der Waals surface area contributed by atoms with E-state index in [-0.39, 0.29) is 12.3 Å². The minimum absolute atomic E-state index is 0.0415. The van der Waals surface area contributed by atoms with E-state index in [4.69, 9.17) is 15.9 Å². The zero-order chi connectivity index (χ0) is 18.5. The number of fused-ring (bicyclic) bond motifs is 5. The predicted octanol–water partition coefficient (Wildman–Crippen LogP) is 3.07. The first kappa shape index (κ1) is 16.5. The number of halogens is 3. The molecule has 4 N–H and O–H groups in total. The molecule has 3 aromatic rings. The van der Waals surface area contributed by atoms with Crippen molar-refractivity contribution >= 4 is 33.6 Å². The number of hydrogen-bond acceptors (Lipinski definition) is 5. The van der Waals surface area contributed by atoms with Crippen LogP contribution < -0.4 is 5.73 Å². The van der Waals surface area contributed by atoms with Crippen LogP contribution in [0.1, 0.15) is 16.8 Å². The minimum Gasteiger partial charge on any atom is -0.394 e. The number of nitrogens with zero attached hydrogens (tertiary/aromatic N) is 2. The summed E-state index contributed by atoms with van der Waals surface area (Å²) in [5.41, 5.74) is 6.29. The maximum atomic E-state index is 13.1. The summed E-state index contributed by atoms with van der Waals surface area (Å²) in [6, 6.07) is 3.49. The van der Waals surface area contributed by atoms with Gasteiger partial charge in [-0.15, -0.1) is 0 Å². The SMILES string of the molecule is N=CC(=C(N)C(F)(F)F)c1nc2ccc3[nH]ncc3c2c2c1COCC2. The standard InChI is InChI=1S/C17H14F3N5O/c18-17(19,20)16(22)9(5-21)15-11-7-26-4-3-8(11)14-10-6-23-25-12(10)1-2-13(14)24-15/h1-2,5-6,21H,3-4,7,22H2,(H,23,25). The second-order valence-electron chi connectivity index (χ2n) is 5.98. The lowest BCUT2D eigenvalue weighted by Crippen LogP contribution is -2.23. The third-order valence-electron chi connectivity index (χ3n) is 4.52. The van der Waals surface area contributed by atoms with Crippen molar-refractivity contribution in [3.8, 4) is 0 Å². The number of benzene rings is 1. The van der Waals surface area contributed by atoms with Crippen molar-refractivity contribution in [2.75, 3.05) is 6.61 Å². The minimum atomic E-state index is -4.75. The fourth-order valence-electron chi connectivity index (χ4n) is 3.33. The predicted molar refractivity (Wildman–Crippen MR) is 90.7 cm³/mol. The second-order valence-corrected chi connectivity index (χ2v) is 5.98. The molecule has 0 radical (unpaired) electrons. The van der Waals surface area contributed by atoms with Crippen LogP contribution in [0, 0.1) is 5.41 Å². The van der Waals surface area contributed by atoms with Crippen molar-refractivity contribution in [2.24, 2.45) is 5.73 Å². The van der Waals surface area contributed by atoms with Crippen LogP contribution >= 0.6 is 0 Å². The van der Waals surface area contributed by atoms with Gasteiger partial charge in [-0.25, -0.2) is 4.98 Å². The van der Waals surface area contributed by atoms with E-state index in [9.17, 15) is 13.2 Å². The molecule has 1 aliphatic heterocycles. The molecular weight excluding hydrogens is 347 g/mol. The van der Waals surface area contributed by atoms with Crippen molar-refractivity contribution in [1.29, 1.82) is 5.41 Å². The Morgan fingerprint density at radius 1 is 1.31 bits per heavy atom. The van der Waals surface area contributed by atoms with E-state index in [0.29, 0.717) is 30.3 Å². The van der Waals surface area contributed by atoms with Gasteiger partial charge in [-0.1, -0.05) is 0 Å². The van der Waals surface area contributed by atoms with Crippen LogP contribution in [0.2, 0.25) is 0 Å². The molecule has 1 aromatic carbocycles. The highest BCUT2D eigenvalue weighted by Gasteiger charge is 2.35. The van der Waals surface area contributed by atoms with E-state index in [2.05, 4.69) is 15.2 Å². The first-order valence-corrected chi connectivity index (χ1v) is 7.85. The number of aromatic nitrogens is 3. The Bertz CT molecular complexity index is 1070. The zero-order valence-corrected chi connectivity index (χ0v) is 13.4. The van der Waals surface area contributed by atoms with Crippen molar-refractivity contribution in [2.45, 2.75) is 19.2 Å². The van der Waals surface area contributed by atoms with Crippen molar-refractivity contribution in [3.63, 3.8) is 0 Å². The van der Waals surface area contributed by atoms with Gasteiger partial charge in [0.2, 0.25) is 0 Å². The molecule has 0 amide bonds. The molecule has 6 nitrogen and oxygen atoms in total. The molecule has 0 bridgehead atoms. The second kappa shape index (κ2) is 5.80. The molecule has 26 heavy (non-hydrogen) atoms. The van der Waals surface area contributed by atoms with Gasteiger partial charge in [0.25, 0.3) is 0 Å². The molecular formula is C17H14F3N5O. The van der Waals surface area contributed by atoms with Crippen molar-refractivity contribution in [3.05, 3.63) is 40.8 Å². The summed E-state index contributed by atoms with van der Waals surface area (Å²) in [6.07, 6.45) is -1.95. The lowest BCUT2D eigenvalue weighted by atomic mass is 9.92. The van der Waals surface area contributed by atoms with Gasteiger partial charge in [0, 0.05) is 28.1 Å². The average Bonchev–Trinajstić information content (AvgIpc) is 3.10. The Morgan fingerprint density at radius 2 is 2.12 bits per heavy atom. The number of ether oxygens (including phenoxy) is 1. The number of H-pyrrole nitrogens is 1. The van der Waals surface area contributed by atoms with Gasteiger partial charge >= 0.3 is 6.18 Å². The summed E-state index contributed by atoms with van der Waals surface area (Å²) in [5, 5.41) is 16.1. The third kappa shape index (κ3) is 2.43. The normalized spacial score (nSPS) is 15.8. The number of nitrogens with one attached hydrogen (secondary N) is 2. The summed E-state index contributed by atoms with van der Waals surface area (Å²) in [4.78, 5) is 4.41. The van der Waals surface area contributed by atoms with Gasteiger partial charge < -0.3 is 15.9 Å². The van der Waals surface area contributed by atoms with Crippen LogP contribution in [0.5, 0.6) is 0 Å². The first-order chi connectivity index (χ1) is 12.4. The van der Waals surface area contributed by atoms with Gasteiger partial charge in [-0.3, -0.25) is 5.10 Å². The average molecular weight is 361 g/mol. The summed E-state index contributed by atoms with van der Waals surface area (Å²) < 4.78 is 44.8. The van der Waals surface area contributed by atoms with Gasteiger partial charge in [-0.2, -0.15) is 18.3 Å². The van der Waals surface area contributed by atoms with Crippen LogP contribution in [-0.4, -0.2) is 34.2 Å². The first-order valence-electron chi connectivity index (χ1n) is 7.85. The lowest BCUT2D eigenvalue weighted by Gasteiger charge is -2.23. The van der Waals surface area contributed by atoms with Crippen LogP contribution in [0.4, 0.5) is 13.2 Å². The smallest absolute Gasteiger partial charge is 0.394 e. The van der Waals surface area contributed by atoms with E-state index in [1.54, 1.807) is 18.3 Å². The number of hydrogen-bond donors (Lipinski definition) is 3. The Balaban J connectivity index is 2.11. The topological polar surface area (TPSA) is 101 Å². The van der Waals surface area contributed by atoms with Crippen molar-refractivity contribution in [1.82, 2.24) is 15.2 Å². The van der Waals surface area contributed by atoms with E-state index >= 15 is 0 Å². The van der Waals surface area contributed by atoms with Crippen molar-refractivity contribution < 1.29 is 17.9 Å². The van der Waals surface area contributed by atoms with E-state index < -0.39 is 17.4 Å². The molecule has 0 spiro atoms. The van der Waals surface area contributed by atoms with Crippen LogP contribution in [0.3, 0.4) is 0 Å². The monoisotopic (exact) mass is 361 g/mol. The summed E-state index contributed by atoms with van der Waals surface area (Å²) in [6.45, 7) is 0.572. The molecule has 1 aliphatic rings. The number of rotatable bonds is 2. The largest absolute Gasteiger partial charge is 0.431 e. The molecule has 3 heterocycles. The van der Waals surface area contributed by atoms with E-state index in [0.717, 1.165) is 21.9 Å². The Kier molecular flexibility index (Phi) is 3.69. The molecule has 0 saturated heterocycles. The number of aromatic amines is 1. The highest BCUT2D eigenvalue weighted by Crippen LogP contribution is 2.36. The zero-order valence-electron chi connectivity index (χ0n) is 13.4. The van der Waals surface area contributed by atoms with Crippen LogP contribution in [-0.2, 0) is 17.8 Å². The number of nitrogens with two attached hydrogens (primary N) is 1. The fraction of sp³-hybridized carbons (Fsp3) is 0.235. The quantitative estimate of drug-likeness (QED) is 0.611. The van der Waals surface area contributed by atoms with Crippen LogP contribution in [0.15, 0.2) is 24.0 Å². The molecule has 9 heteroatoms. The van der Waals surface area contributed by atoms with E-state index in [1.165, 1.54) is 0 Å². The highest BCUT2D eigenvalue weighted by atomic mass is 19.4. The third-order valence-corrected chi connectivity index (χ3v) is 4.52.